The van der Waals surface area contributed by atoms with E-state index in [1.165, 1.54) is 0 Å². The number of hydrogen-bond acceptors (Lipinski definition) is 3. The van der Waals surface area contributed by atoms with Gasteiger partial charge in [0.25, 0.3) is 0 Å². The lowest BCUT2D eigenvalue weighted by atomic mass is 9.64. The standard InChI is InChI=1S/C13H26N2O2/c1-5-6-7-9(14)12(16)15-10-8-11(17-4)13(10,2)3/h9-11H,5-8,14H2,1-4H3,(H,15,16). The molecule has 17 heavy (non-hydrogen) atoms. The van der Waals surface area contributed by atoms with Crippen molar-refractivity contribution in [2.75, 3.05) is 7.11 Å². The van der Waals surface area contributed by atoms with Crippen LogP contribution in [0.3, 0.4) is 0 Å². The molecule has 1 aliphatic carbocycles. The fourth-order valence-electron chi connectivity index (χ4n) is 2.36. The zero-order chi connectivity index (χ0) is 13.1. The van der Waals surface area contributed by atoms with Gasteiger partial charge in [-0.05, 0) is 12.8 Å². The van der Waals surface area contributed by atoms with Crippen LogP contribution in [0.1, 0.15) is 46.5 Å². The first kappa shape index (κ1) is 14.5. The molecule has 1 aliphatic rings. The maximum atomic E-state index is 11.9. The maximum absolute atomic E-state index is 11.9. The van der Waals surface area contributed by atoms with Gasteiger partial charge in [0.1, 0.15) is 0 Å². The lowest BCUT2D eigenvalue weighted by molar-refractivity contribution is -0.133. The Labute approximate surface area is 104 Å². The number of ether oxygens (including phenoxy) is 1. The summed E-state index contributed by atoms with van der Waals surface area (Å²) in [5, 5.41) is 3.04. The van der Waals surface area contributed by atoms with Crippen LogP contribution in [-0.2, 0) is 9.53 Å². The number of nitrogens with one attached hydrogen (secondary N) is 1. The minimum absolute atomic E-state index is 0.00882. The second-order valence-corrected chi connectivity index (χ2v) is 5.59. The van der Waals surface area contributed by atoms with Gasteiger partial charge in [0.05, 0.1) is 12.1 Å². The first-order chi connectivity index (χ1) is 7.93. The first-order valence-electron chi connectivity index (χ1n) is 6.52. The molecule has 0 aliphatic heterocycles. The Morgan fingerprint density at radius 2 is 2.24 bits per heavy atom. The van der Waals surface area contributed by atoms with E-state index in [4.69, 9.17) is 10.5 Å². The topological polar surface area (TPSA) is 64.4 Å². The molecule has 100 valence electrons. The van der Waals surface area contributed by atoms with Crippen molar-refractivity contribution >= 4 is 5.91 Å². The summed E-state index contributed by atoms with van der Waals surface area (Å²) < 4.78 is 5.36. The predicted octanol–water partition coefficient (Wildman–Crippen LogP) is 1.43. The van der Waals surface area contributed by atoms with E-state index in [0.717, 1.165) is 25.7 Å². The van der Waals surface area contributed by atoms with Crippen molar-refractivity contribution in [3.63, 3.8) is 0 Å². The smallest absolute Gasteiger partial charge is 0.237 e. The largest absolute Gasteiger partial charge is 0.381 e. The predicted molar refractivity (Wildman–Crippen MR) is 68.6 cm³/mol. The molecule has 0 bridgehead atoms. The number of rotatable bonds is 6. The Morgan fingerprint density at radius 1 is 1.59 bits per heavy atom. The van der Waals surface area contributed by atoms with Crippen LogP contribution in [0.5, 0.6) is 0 Å². The number of amides is 1. The molecule has 0 heterocycles. The van der Waals surface area contributed by atoms with Crippen LogP contribution in [0.25, 0.3) is 0 Å². The van der Waals surface area contributed by atoms with Crippen molar-refractivity contribution in [3.8, 4) is 0 Å². The third kappa shape index (κ3) is 3.19. The summed E-state index contributed by atoms with van der Waals surface area (Å²) in [6, 6.07) is -0.181. The molecule has 1 rings (SSSR count). The first-order valence-corrected chi connectivity index (χ1v) is 6.52. The van der Waals surface area contributed by atoms with Gasteiger partial charge in [-0.3, -0.25) is 4.79 Å². The molecule has 4 heteroatoms. The monoisotopic (exact) mass is 242 g/mol. The summed E-state index contributed by atoms with van der Waals surface area (Å²) in [7, 11) is 1.72. The number of nitrogens with two attached hydrogens (primary N) is 1. The highest BCUT2D eigenvalue weighted by molar-refractivity contribution is 5.81. The van der Waals surface area contributed by atoms with Gasteiger partial charge in [-0.25, -0.2) is 0 Å². The number of carbonyl (C=O) groups excluding carboxylic acids is 1. The highest BCUT2D eigenvalue weighted by Crippen LogP contribution is 2.42. The van der Waals surface area contributed by atoms with E-state index in [-0.39, 0.29) is 29.5 Å². The number of carbonyl (C=O) groups is 1. The molecule has 3 atom stereocenters. The molecule has 1 amide bonds. The number of hydrogen-bond donors (Lipinski definition) is 2. The summed E-state index contributed by atoms with van der Waals surface area (Å²) >= 11 is 0. The minimum Gasteiger partial charge on any atom is -0.381 e. The Morgan fingerprint density at radius 3 is 2.71 bits per heavy atom. The van der Waals surface area contributed by atoms with Crippen molar-refractivity contribution < 1.29 is 9.53 Å². The average Bonchev–Trinajstić information content (AvgIpc) is 2.30. The lowest BCUT2D eigenvalue weighted by Gasteiger charge is -2.51. The van der Waals surface area contributed by atoms with E-state index in [1.807, 2.05) is 0 Å². The zero-order valence-corrected chi connectivity index (χ0v) is 11.5. The number of methoxy groups -OCH3 is 1. The Hall–Kier alpha value is -0.610. The van der Waals surface area contributed by atoms with Crippen molar-refractivity contribution in [1.29, 1.82) is 0 Å². The van der Waals surface area contributed by atoms with Crippen molar-refractivity contribution in [2.45, 2.75) is 64.6 Å². The SMILES string of the molecule is CCCCC(N)C(=O)NC1CC(OC)C1(C)C. The number of unbranched alkanes of at least 4 members (excludes halogenated alkanes) is 1. The Balaban J connectivity index is 2.38. The van der Waals surface area contributed by atoms with E-state index in [0.29, 0.717) is 0 Å². The normalized spacial score (nSPS) is 28.3. The Kier molecular flexibility index (Phi) is 4.95. The van der Waals surface area contributed by atoms with E-state index in [2.05, 4.69) is 26.1 Å². The van der Waals surface area contributed by atoms with E-state index < -0.39 is 0 Å². The van der Waals surface area contributed by atoms with Crippen LogP contribution in [0.15, 0.2) is 0 Å². The van der Waals surface area contributed by atoms with Gasteiger partial charge in [0, 0.05) is 18.6 Å². The molecule has 0 saturated heterocycles. The lowest BCUT2D eigenvalue weighted by Crippen LogP contribution is -2.63. The van der Waals surface area contributed by atoms with Crippen LogP contribution >= 0.6 is 0 Å². The third-order valence-electron chi connectivity index (χ3n) is 3.98. The molecule has 3 N–H and O–H groups in total. The van der Waals surface area contributed by atoms with E-state index in [1.54, 1.807) is 7.11 Å². The van der Waals surface area contributed by atoms with Crippen LogP contribution in [0, 0.1) is 5.41 Å². The van der Waals surface area contributed by atoms with Gasteiger partial charge in [-0.2, -0.15) is 0 Å². The van der Waals surface area contributed by atoms with E-state index >= 15 is 0 Å². The van der Waals surface area contributed by atoms with Gasteiger partial charge in [-0.1, -0.05) is 33.6 Å². The molecule has 3 unspecified atom stereocenters. The summed E-state index contributed by atoms with van der Waals surface area (Å²) in [6.45, 7) is 6.34. The van der Waals surface area contributed by atoms with Crippen molar-refractivity contribution in [1.82, 2.24) is 5.32 Å². The van der Waals surface area contributed by atoms with Crippen LogP contribution in [0.2, 0.25) is 0 Å². The minimum atomic E-state index is -0.368. The van der Waals surface area contributed by atoms with Gasteiger partial charge in [0.15, 0.2) is 0 Å². The summed E-state index contributed by atoms with van der Waals surface area (Å²) in [5.74, 6) is -0.0221. The molecule has 0 aromatic rings. The molecule has 0 aromatic heterocycles. The molecule has 0 radical (unpaired) electrons. The zero-order valence-electron chi connectivity index (χ0n) is 11.5. The molecular weight excluding hydrogens is 216 g/mol. The average molecular weight is 242 g/mol. The molecule has 1 fully saturated rings. The highest BCUT2D eigenvalue weighted by atomic mass is 16.5. The van der Waals surface area contributed by atoms with Crippen LogP contribution in [-0.4, -0.2) is 31.2 Å². The second-order valence-electron chi connectivity index (χ2n) is 5.59. The highest BCUT2D eigenvalue weighted by Gasteiger charge is 2.49. The van der Waals surface area contributed by atoms with E-state index in [9.17, 15) is 4.79 Å². The molecule has 4 nitrogen and oxygen atoms in total. The fourth-order valence-corrected chi connectivity index (χ4v) is 2.36. The molecular formula is C13H26N2O2. The molecule has 0 spiro atoms. The molecule has 1 saturated carbocycles. The van der Waals surface area contributed by atoms with Gasteiger partial charge < -0.3 is 15.8 Å². The van der Waals surface area contributed by atoms with Crippen LogP contribution < -0.4 is 11.1 Å². The van der Waals surface area contributed by atoms with Crippen LogP contribution in [0.4, 0.5) is 0 Å². The van der Waals surface area contributed by atoms with Gasteiger partial charge >= 0.3 is 0 Å². The Bertz CT molecular complexity index is 266. The molecule has 0 aromatic carbocycles. The third-order valence-corrected chi connectivity index (χ3v) is 3.98. The summed E-state index contributed by atoms with van der Waals surface area (Å²) in [4.78, 5) is 11.9. The van der Waals surface area contributed by atoms with Gasteiger partial charge in [0.2, 0.25) is 5.91 Å². The fraction of sp³-hybridized carbons (Fsp3) is 0.923. The van der Waals surface area contributed by atoms with Crippen molar-refractivity contribution in [2.24, 2.45) is 11.1 Å². The second kappa shape index (κ2) is 5.83. The summed E-state index contributed by atoms with van der Waals surface area (Å²) in [6.07, 6.45) is 3.96. The maximum Gasteiger partial charge on any atom is 0.237 e. The summed E-state index contributed by atoms with van der Waals surface area (Å²) in [5.41, 5.74) is 5.85. The van der Waals surface area contributed by atoms with Crippen molar-refractivity contribution in [3.05, 3.63) is 0 Å². The quantitative estimate of drug-likeness (QED) is 0.740. The van der Waals surface area contributed by atoms with Gasteiger partial charge in [-0.15, -0.1) is 0 Å².